The zero-order chi connectivity index (χ0) is 45.9. The molecule has 0 fully saturated rings. The zero-order valence-corrected chi connectivity index (χ0v) is 38.9. The summed E-state index contributed by atoms with van der Waals surface area (Å²) in [7, 11) is 0. The summed E-state index contributed by atoms with van der Waals surface area (Å²) in [5.74, 6) is 0. The van der Waals surface area contributed by atoms with Crippen molar-refractivity contribution >= 4 is 70.4 Å². The van der Waals surface area contributed by atoms with E-state index >= 15 is 0 Å². The first kappa shape index (κ1) is 39.3. The second-order valence-electron chi connectivity index (χ2n) is 18.7. The Morgan fingerprint density at radius 3 is 1.57 bits per heavy atom. The normalized spacial score (nSPS) is 13.0. The number of anilines is 3. The molecule has 0 saturated carbocycles. The van der Waals surface area contributed by atoms with Crippen LogP contribution in [-0.4, -0.2) is 4.57 Å². The van der Waals surface area contributed by atoms with E-state index < -0.39 is 5.41 Å². The summed E-state index contributed by atoms with van der Waals surface area (Å²) >= 11 is 1.88. The molecule has 2 heterocycles. The van der Waals surface area contributed by atoms with E-state index in [1.165, 1.54) is 109 Å². The average molecular weight is 907 g/mol. The number of thiophene rings is 1. The van der Waals surface area contributed by atoms with E-state index in [9.17, 15) is 0 Å². The van der Waals surface area contributed by atoms with Gasteiger partial charge in [-0.1, -0.05) is 194 Å². The molecule has 0 aliphatic heterocycles. The minimum absolute atomic E-state index is 0.449. The number of aromatic nitrogens is 1. The highest BCUT2D eigenvalue weighted by molar-refractivity contribution is 7.26. The molecule has 0 bridgehead atoms. The molecule has 2 aliphatic carbocycles. The molecular formula is C67H42N2S. The molecule has 13 aromatic rings. The second kappa shape index (κ2) is 15.1. The van der Waals surface area contributed by atoms with Gasteiger partial charge in [0.15, 0.2) is 0 Å². The maximum Gasteiger partial charge on any atom is 0.0726 e. The van der Waals surface area contributed by atoms with Gasteiger partial charge in [0, 0.05) is 53.6 Å². The molecule has 1 spiro atoms. The highest BCUT2D eigenvalue weighted by atomic mass is 32.1. The van der Waals surface area contributed by atoms with Crippen molar-refractivity contribution in [2.75, 3.05) is 4.90 Å². The lowest BCUT2D eigenvalue weighted by molar-refractivity contribution is 0.794. The van der Waals surface area contributed by atoms with Crippen LogP contribution in [0, 0.1) is 0 Å². The molecule has 0 unspecified atom stereocenters. The Bertz CT molecular complexity index is 4190. The van der Waals surface area contributed by atoms with Crippen LogP contribution in [-0.2, 0) is 5.41 Å². The van der Waals surface area contributed by atoms with Crippen molar-refractivity contribution in [3.8, 4) is 50.2 Å². The molecule has 0 amide bonds. The lowest BCUT2D eigenvalue weighted by Crippen LogP contribution is -2.26. The Labute approximate surface area is 410 Å². The number of hydrogen-bond acceptors (Lipinski definition) is 2. The number of hydrogen-bond donors (Lipinski definition) is 0. The SMILES string of the molecule is c1ccc(-n2c3ccccc3c3c(-c4ccc(N(c5ccc(-c6cccc7c6sc6ccccc67)cc5)c5cccc6c5-c5ccccc5C65c6ccccc6-c6ccccc65)cc4)cccc32)cc1. The standard InChI is InChI=1S/C67H42N2S/c1-2-17-45(18-3-1)69-60-31-12-7-23-55(60)64-48(24-15-32-61(64)69)43-35-39-46(40-36-43)68(47-41-37-44(38-42-47)49-25-14-26-53-52-21-8-13-34-63(52)70-66(49)53)62-33-16-30-59-65(62)54-22-6-11-29-58(54)67(59)56-27-9-4-19-50(56)51-20-5-10-28-57(51)67/h1-42H. The summed E-state index contributed by atoms with van der Waals surface area (Å²) in [5, 5.41) is 5.14. The van der Waals surface area contributed by atoms with Crippen molar-refractivity contribution in [2.45, 2.75) is 5.41 Å². The van der Waals surface area contributed by atoms with Crippen LogP contribution in [0.15, 0.2) is 255 Å². The van der Waals surface area contributed by atoms with E-state index in [4.69, 9.17) is 0 Å². The summed E-state index contributed by atoms with van der Waals surface area (Å²) in [6, 6.07) is 94.7. The summed E-state index contributed by atoms with van der Waals surface area (Å²) in [6.45, 7) is 0. The van der Waals surface area contributed by atoms with Crippen molar-refractivity contribution in [1.29, 1.82) is 0 Å². The first-order valence-corrected chi connectivity index (χ1v) is 25.0. The molecular weight excluding hydrogens is 865 g/mol. The van der Waals surface area contributed by atoms with Gasteiger partial charge in [-0.05, 0) is 122 Å². The predicted molar refractivity (Wildman–Crippen MR) is 296 cm³/mol. The molecule has 15 rings (SSSR count). The average Bonchev–Trinajstić information content (AvgIpc) is 4.16. The van der Waals surface area contributed by atoms with Crippen LogP contribution < -0.4 is 4.90 Å². The molecule has 11 aromatic carbocycles. The van der Waals surface area contributed by atoms with Gasteiger partial charge in [0.2, 0.25) is 0 Å². The molecule has 70 heavy (non-hydrogen) atoms. The van der Waals surface area contributed by atoms with Crippen molar-refractivity contribution in [3.05, 3.63) is 277 Å². The van der Waals surface area contributed by atoms with Crippen molar-refractivity contribution < 1.29 is 0 Å². The summed E-state index contributed by atoms with van der Waals surface area (Å²) in [6.07, 6.45) is 0. The van der Waals surface area contributed by atoms with Gasteiger partial charge in [0.05, 0.1) is 22.1 Å². The van der Waals surface area contributed by atoms with Crippen LogP contribution in [0.2, 0.25) is 0 Å². The number of rotatable bonds is 6. The van der Waals surface area contributed by atoms with Crippen molar-refractivity contribution in [1.82, 2.24) is 4.57 Å². The van der Waals surface area contributed by atoms with Gasteiger partial charge >= 0.3 is 0 Å². The quantitative estimate of drug-likeness (QED) is 0.161. The fraction of sp³-hybridized carbons (Fsp3) is 0.0149. The summed E-state index contributed by atoms with van der Waals surface area (Å²) < 4.78 is 5.04. The third-order valence-corrected chi connectivity index (χ3v) is 16.4. The second-order valence-corrected chi connectivity index (χ2v) is 19.7. The van der Waals surface area contributed by atoms with Crippen molar-refractivity contribution in [3.63, 3.8) is 0 Å². The highest BCUT2D eigenvalue weighted by Gasteiger charge is 2.52. The number of para-hydroxylation sites is 2. The molecule has 2 nitrogen and oxygen atoms in total. The Balaban J connectivity index is 0.934. The smallest absolute Gasteiger partial charge is 0.0726 e. The third kappa shape index (κ3) is 5.44. The highest BCUT2D eigenvalue weighted by Crippen LogP contribution is 2.64. The van der Waals surface area contributed by atoms with Crippen LogP contribution in [0.1, 0.15) is 22.3 Å². The van der Waals surface area contributed by atoms with Gasteiger partial charge in [-0.2, -0.15) is 0 Å². The van der Waals surface area contributed by atoms with E-state index in [-0.39, 0.29) is 0 Å². The fourth-order valence-corrected chi connectivity index (χ4v) is 13.6. The Morgan fingerprint density at radius 1 is 0.343 bits per heavy atom. The van der Waals surface area contributed by atoms with Gasteiger partial charge < -0.3 is 9.47 Å². The Hall–Kier alpha value is -8.76. The first-order valence-electron chi connectivity index (χ1n) is 24.2. The number of nitrogens with zero attached hydrogens (tertiary/aromatic N) is 2. The topological polar surface area (TPSA) is 8.17 Å². The van der Waals surface area contributed by atoms with Crippen molar-refractivity contribution in [2.24, 2.45) is 0 Å². The largest absolute Gasteiger partial charge is 0.310 e. The van der Waals surface area contributed by atoms with Crippen LogP contribution in [0.4, 0.5) is 17.1 Å². The molecule has 2 aromatic heterocycles. The fourth-order valence-electron chi connectivity index (χ4n) is 12.4. The van der Waals surface area contributed by atoms with E-state index in [2.05, 4.69) is 264 Å². The van der Waals surface area contributed by atoms with Crippen LogP contribution in [0.5, 0.6) is 0 Å². The monoisotopic (exact) mass is 906 g/mol. The van der Waals surface area contributed by atoms with Gasteiger partial charge in [0.25, 0.3) is 0 Å². The molecule has 0 saturated heterocycles. The summed E-state index contributed by atoms with van der Waals surface area (Å²) in [5.41, 5.74) is 21.8. The van der Waals surface area contributed by atoms with Crippen LogP contribution >= 0.6 is 11.3 Å². The predicted octanol–water partition coefficient (Wildman–Crippen LogP) is 18.3. The number of benzene rings is 11. The molecule has 326 valence electrons. The lowest BCUT2D eigenvalue weighted by atomic mass is 9.70. The van der Waals surface area contributed by atoms with Crippen LogP contribution in [0.3, 0.4) is 0 Å². The molecule has 0 N–H and O–H groups in total. The summed E-state index contributed by atoms with van der Waals surface area (Å²) in [4.78, 5) is 2.50. The van der Waals surface area contributed by atoms with Gasteiger partial charge in [-0.3, -0.25) is 0 Å². The van der Waals surface area contributed by atoms with E-state index in [1.807, 2.05) is 11.3 Å². The van der Waals surface area contributed by atoms with E-state index in [1.54, 1.807) is 0 Å². The Kier molecular flexibility index (Phi) is 8.48. The van der Waals surface area contributed by atoms with E-state index in [0.717, 1.165) is 22.7 Å². The van der Waals surface area contributed by atoms with Crippen LogP contribution in [0.25, 0.3) is 92.2 Å². The maximum atomic E-state index is 2.50. The Morgan fingerprint density at radius 2 is 0.843 bits per heavy atom. The lowest BCUT2D eigenvalue weighted by Gasteiger charge is -2.32. The maximum absolute atomic E-state index is 2.50. The number of fused-ring (bicyclic) bond motifs is 16. The molecule has 0 radical (unpaired) electrons. The van der Waals surface area contributed by atoms with E-state index in [0.29, 0.717) is 0 Å². The minimum Gasteiger partial charge on any atom is -0.310 e. The van der Waals surface area contributed by atoms with Gasteiger partial charge in [-0.15, -0.1) is 11.3 Å². The molecule has 3 heteroatoms. The minimum atomic E-state index is -0.449. The first-order chi connectivity index (χ1) is 34.8. The molecule has 0 atom stereocenters. The molecule has 2 aliphatic rings. The van der Waals surface area contributed by atoms with Gasteiger partial charge in [0.1, 0.15) is 0 Å². The van der Waals surface area contributed by atoms with Gasteiger partial charge in [-0.25, -0.2) is 0 Å². The zero-order valence-electron chi connectivity index (χ0n) is 38.1. The third-order valence-electron chi connectivity index (χ3n) is 15.2.